The van der Waals surface area contributed by atoms with E-state index in [4.69, 9.17) is 11.6 Å². The monoisotopic (exact) mass is 306 g/mol. The second-order valence-electron chi connectivity index (χ2n) is 4.56. The van der Waals surface area contributed by atoms with Crippen LogP contribution in [0.25, 0.3) is 0 Å². The highest BCUT2D eigenvalue weighted by molar-refractivity contribution is 7.99. The van der Waals surface area contributed by atoms with Crippen molar-refractivity contribution in [3.63, 3.8) is 0 Å². The van der Waals surface area contributed by atoms with Crippen LogP contribution in [0.1, 0.15) is 12.5 Å². The number of halogens is 1. The summed E-state index contributed by atoms with van der Waals surface area (Å²) in [5.41, 5.74) is 1.26. The number of rotatable bonds is 7. The van der Waals surface area contributed by atoms with Gasteiger partial charge in [0.2, 0.25) is 0 Å². The summed E-state index contributed by atoms with van der Waals surface area (Å²) in [6, 6.07) is 12.5. The van der Waals surface area contributed by atoms with Gasteiger partial charge in [0.15, 0.2) is 0 Å². The molecule has 1 heterocycles. The van der Waals surface area contributed by atoms with Crippen LogP contribution in [-0.4, -0.2) is 23.3 Å². The molecule has 0 fully saturated rings. The van der Waals surface area contributed by atoms with E-state index in [2.05, 4.69) is 29.4 Å². The van der Waals surface area contributed by atoms with Crippen molar-refractivity contribution in [2.24, 2.45) is 0 Å². The second-order valence-corrected chi connectivity index (χ2v) is 6.03. The lowest BCUT2D eigenvalue weighted by Gasteiger charge is -2.17. The summed E-state index contributed by atoms with van der Waals surface area (Å²) < 4.78 is 0. The number of pyridine rings is 1. The van der Waals surface area contributed by atoms with Crippen LogP contribution in [0.4, 0.5) is 0 Å². The maximum atomic E-state index is 6.19. The van der Waals surface area contributed by atoms with E-state index in [-0.39, 0.29) is 0 Å². The SMILES string of the molecule is CCNC(CSc1ccccc1Cl)Cc1cccnc1. The number of aromatic nitrogens is 1. The number of thioether (sulfide) groups is 1. The summed E-state index contributed by atoms with van der Waals surface area (Å²) in [7, 11) is 0. The highest BCUT2D eigenvalue weighted by Crippen LogP contribution is 2.27. The van der Waals surface area contributed by atoms with E-state index >= 15 is 0 Å². The summed E-state index contributed by atoms with van der Waals surface area (Å²) in [5, 5.41) is 4.36. The van der Waals surface area contributed by atoms with E-state index in [0.29, 0.717) is 6.04 Å². The van der Waals surface area contributed by atoms with Crippen LogP contribution in [-0.2, 0) is 6.42 Å². The highest BCUT2D eigenvalue weighted by Gasteiger charge is 2.10. The van der Waals surface area contributed by atoms with Gasteiger partial charge < -0.3 is 5.32 Å². The first-order valence-corrected chi connectivity index (χ1v) is 8.15. The van der Waals surface area contributed by atoms with Gasteiger partial charge in [-0.3, -0.25) is 4.98 Å². The molecule has 1 N–H and O–H groups in total. The first kappa shape index (κ1) is 15.4. The zero-order valence-electron chi connectivity index (χ0n) is 11.6. The summed E-state index contributed by atoms with van der Waals surface area (Å²) in [4.78, 5) is 5.32. The molecule has 1 aromatic carbocycles. The second kappa shape index (κ2) is 8.30. The highest BCUT2D eigenvalue weighted by atomic mass is 35.5. The largest absolute Gasteiger partial charge is 0.313 e. The minimum absolute atomic E-state index is 0.422. The zero-order chi connectivity index (χ0) is 14.2. The lowest BCUT2D eigenvalue weighted by molar-refractivity contribution is 0.572. The van der Waals surface area contributed by atoms with Gasteiger partial charge >= 0.3 is 0 Å². The fourth-order valence-electron chi connectivity index (χ4n) is 2.03. The van der Waals surface area contributed by atoms with Crippen molar-refractivity contribution >= 4 is 23.4 Å². The Balaban J connectivity index is 1.94. The van der Waals surface area contributed by atoms with Crippen LogP contribution >= 0.6 is 23.4 Å². The van der Waals surface area contributed by atoms with E-state index in [1.165, 1.54) is 5.56 Å². The topological polar surface area (TPSA) is 24.9 Å². The molecule has 0 saturated carbocycles. The Labute approximate surface area is 130 Å². The summed E-state index contributed by atoms with van der Waals surface area (Å²) >= 11 is 7.99. The number of nitrogens with one attached hydrogen (secondary N) is 1. The Morgan fingerprint density at radius 1 is 1.25 bits per heavy atom. The standard InChI is InChI=1S/C16H19ClN2S/c1-2-19-14(10-13-6-5-9-18-11-13)12-20-16-8-4-3-7-15(16)17/h3-9,11,14,19H,2,10,12H2,1H3. The van der Waals surface area contributed by atoms with Gasteiger partial charge in [-0.25, -0.2) is 0 Å². The molecule has 1 atom stereocenters. The average Bonchev–Trinajstić information content (AvgIpc) is 2.47. The van der Waals surface area contributed by atoms with Crippen molar-refractivity contribution in [2.45, 2.75) is 24.3 Å². The van der Waals surface area contributed by atoms with Crippen LogP contribution in [0.3, 0.4) is 0 Å². The number of likely N-dealkylation sites (N-methyl/N-ethyl adjacent to an activating group) is 1. The molecule has 0 saturated heterocycles. The van der Waals surface area contributed by atoms with E-state index in [1.807, 2.05) is 36.7 Å². The van der Waals surface area contributed by atoms with Gasteiger partial charge in [0.05, 0.1) is 5.02 Å². The van der Waals surface area contributed by atoms with Gasteiger partial charge in [-0.05, 0) is 36.7 Å². The van der Waals surface area contributed by atoms with Gasteiger partial charge in [0.25, 0.3) is 0 Å². The van der Waals surface area contributed by atoms with Crippen LogP contribution in [0.2, 0.25) is 5.02 Å². The molecular formula is C16H19ClN2S. The molecule has 20 heavy (non-hydrogen) atoms. The Morgan fingerprint density at radius 2 is 2.10 bits per heavy atom. The maximum Gasteiger partial charge on any atom is 0.0541 e. The summed E-state index contributed by atoms with van der Waals surface area (Å²) in [5.74, 6) is 0.993. The van der Waals surface area contributed by atoms with Crippen molar-refractivity contribution in [1.29, 1.82) is 0 Å². The first-order chi connectivity index (χ1) is 9.79. The number of hydrogen-bond acceptors (Lipinski definition) is 3. The van der Waals surface area contributed by atoms with Crippen molar-refractivity contribution in [3.05, 3.63) is 59.4 Å². The molecule has 0 bridgehead atoms. The number of benzene rings is 1. The van der Waals surface area contributed by atoms with Crippen LogP contribution in [0.15, 0.2) is 53.7 Å². The minimum Gasteiger partial charge on any atom is -0.313 e. The summed E-state index contributed by atoms with van der Waals surface area (Å²) in [6.45, 7) is 3.10. The minimum atomic E-state index is 0.422. The van der Waals surface area contributed by atoms with Crippen molar-refractivity contribution in [2.75, 3.05) is 12.3 Å². The average molecular weight is 307 g/mol. The third-order valence-corrected chi connectivity index (χ3v) is 4.65. The maximum absolute atomic E-state index is 6.19. The molecular weight excluding hydrogens is 288 g/mol. The summed E-state index contributed by atoms with van der Waals surface area (Å²) in [6.07, 6.45) is 4.73. The number of hydrogen-bond donors (Lipinski definition) is 1. The van der Waals surface area contributed by atoms with E-state index < -0.39 is 0 Å². The Hall–Kier alpha value is -1.03. The smallest absolute Gasteiger partial charge is 0.0541 e. The molecule has 2 aromatic rings. The predicted molar refractivity (Wildman–Crippen MR) is 87.6 cm³/mol. The Morgan fingerprint density at radius 3 is 2.80 bits per heavy atom. The van der Waals surface area contributed by atoms with Crippen molar-refractivity contribution in [3.8, 4) is 0 Å². The van der Waals surface area contributed by atoms with Crippen LogP contribution in [0, 0.1) is 0 Å². The molecule has 0 aliphatic heterocycles. The first-order valence-electron chi connectivity index (χ1n) is 6.79. The third-order valence-electron chi connectivity index (χ3n) is 2.97. The predicted octanol–water partition coefficient (Wildman–Crippen LogP) is 4.05. The molecule has 0 radical (unpaired) electrons. The fraction of sp³-hybridized carbons (Fsp3) is 0.312. The van der Waals surface area contributed by atoms with E-state index in [0.717, 1.165) is 28.6 Å². The Bertz CT molecular complexity index is 519. The molecule has 0 aliphatic rings. The molecule has 2 nitrogen and oxygen atoms in total. The van der Waals surface area contributed by atoms with Crippen LogP contribution in [0.5, 0.6) is 0 Å². The molecule has 106 valence electrons. The normalized spacial score (nSPS) is 12.3. The van der Waals surface area contributed by atoms with Crippen LogP contribution < -0.4 is 5.32 Å². The molecule has 1 aromatic heterocycles. The molecule has 0 spiro atoms. The van der Waals surface area contributed by atoms with Gasteiger partial charge in [-0.1, -0.05) is 36.7 Å². The van der Waals surface area contributed by atoms with Crippen molar-refractivity contribution in [1.82, 2.24) is 10.3 Å². The Kier molecular flexibility index (Phi) is 6.37. The van der Waals surface area contributed by atoms with E-state index in [1.54, 1.807) is 11.8 Å². The third kappa shape index (κ3) is 4.82. The lowest BCUT2D eigenvalue weighted by Crippen LogP contribution is -2.33. The molecule has 2 rings (SSSR count). The van der Waals surface area contributed by atoms with Crippen molar-refractivity contribution < 1.29 is 0 Å². The van der Waals surface area contributed by atoms with Gasteiger partial charge in [0, 0.05) is 29.1 Å². The molecule has 4 heteroatoms. The molecule has 1 unspecified atom stereocenters. The molecule has 0 aliphatic carbocycles. The quantitative estimate of drug-likeness (QED) is 0.781. The fourth-order valence-corrected chi connectivity index (χ4v) is 3.33. The van der Waals surface area contributed by atoms with Gasteiger partial charge in [0.1, 0.15) is 0 Å². The zero-order valence-corrected chi connectivity index (χ0v) is 13.1. The lowest BCUT2D eigenvalue weighted by atomic mass is 10.1. The number of nitrogens with zero attached hydrogens (tertiary/aromatic N) is 1. The van der Waals surface area contributed by atoms with E-state index in [9.17, 15) is 0 Å². The molecule has 0 amide bonds. The van der Waals surface area contributed by atoms with Gasteiger partial charge in [-0.2, -0.15) is 0 Å². The van der Waals surface area contributed by atoms with Gasteiger partial charge in [-0.15, -0.1) is 11.8 Å².